The van der Waals surface area contributed by atoms with Crippen LogP contribution in [-0.4, -0.2) is 24.5 Å². The van der Waals surface area contributed by atoms with E-state index in [2.05, 4.69) is 9.82 Å². The highest BCUT2D eigenvalue weighted by atomic mass is 32.2. The minimum Gasteiger partial charge on any atom is -0.268 e. The summed E-state index contributed by atoms with van der Waals surface area (Å²) in [5.74, 6) is 0.534. The fraction of sp³-hybridized carbons (Fsp3) is 0.625. The zero-order chi connectivity index (χ0) is 10.8. The largest absolute Gasteiger partial charge is 0.268 e. The van der Waals surface area contributed by atoms with Gasteiger partial charge in [-0.2, -0.15) is 5.10 Å². The average molecular weight is 217 g/mol. The molecule has 0 saturated carbocycles. The Balaban J connectivity index is 3.01. The van der Waals surface area contributed by atoms with Crippen LogP contribution in [0.1, 0.15) is 19.5 Å². The van der Waals surface area contributed by atoms with Gasteiger partial charge in [0, 0.05) is 12.6 Å². The minimum atomic E-state index is -3.22. The second-order valence-corrected chi connectivity index (χ2v) is 4.81. The smallest absolute Gasteiger partial charge is 0.230 e. The third-order valence-electron chi connectivity index (χ3n) is 1.78. The lowest BCUT2D eigenvalue weighted by Gasteiger charge is -2.04. The molecule has 5 nitrogen and oxygen atoms in total. The zero-order valence-electron chi connectivity index (χ0n) is 8.61. The van der Waals surface area contributed by atoms with E-state index in [4.69, 9.17) is 0 Å². The molecule has 1 aromatic rings. The van der Waals surface area contributed by atoms with Gasteiger partial charge in [-0.1, -0.05) is 6.92 Å². The summed E-state index contributed by atoms with van der Waals surface area (Å²) in [6, 6.07) is 1.75. The molecule has 1 aromatic heterocycles. The van der Waals surface area contributed by atoms with E-state index in [1.807, 2.05) is 13.8 Å². The summed E-state index contributed by atoms with van der Waals surface area (Å²) >= 11 is 0. The van der Waals surface area contributed by atoms with Gasteiger partial charge in [-0.05, 0) is 13.3 Å². The third kappa shape index (κ3) is 2.73. The van der Waals surface area contributed by atoms with E-state index < -0.39 is 10.0 Å². The number of aryl methyl sites for hydroxylation is 2. The van der Waals surface area contributed by atoms with E-state index in [1.54, 1.807) is 10.7 Å². The molecule has 0 atom stereocenters. The molecular formula is C8H15N3O2S. The van der Waals surface area contributed by atoms with E-state index >= 15 is 0 Å². The minimum absolute atomic E-state index is 0.534. The predicted molar refractivity (Wildman–Crippen MR) is 55.7 cm³/mol. The molecule has 0 fully saturated rings. The molecule has 0 unspecified atom stereocenters. The number of rotatable bonds is 4. The molecule has 0 bridgehead atoms. The molecule has 0 aliphatic carbocycles. The lowest BCUT2D eigenvalue weighted by Crippen LogP contribution is -2.13. The Morgan fingerprint density at radius 2 is 2.14 bits per heavy atom. The summed E-state index contributed by atoms with van der Waals surface area (Å²) in [6.45, 7) is 4.55. The topological polar surface area (TPSA) is 64.0 Å². The Kier molecular flexibility index (Phi) is 3.15. The molecular weight excluding hydrogens is 202 g/mol. The standard InChI is InChI=1S/C8H15N3O2S/c1-4-7-6-8(10-14(3,12)13)11(5-2)9-7/h6,10H,4-5H2,1-3H3. The van der Waals surface area contributed by atoms with E-state index in [-0.39, 0.29) is 0 Å². The van der Waals surface area contributed by atoms with E-state index in [9.17, 15) is 8.42 Å². The van der Waals surface area contributed by atoms with Crippen LogP contribution in [0.5, 0.6) is 0 Å². The van der Waals surface area contributed by atoms with Crippen LogP contribution in [0.3, 0.4) is 0 Å². The van der Waals surface area contributed by atoms with Crippen LogP contribution in [-0.2, 0) is 23.0 Å². The maximum atomic E-state index is 11.0. The lowest BCUT2D eigenvalue weighted by molar-refractivity contribution is 0.604. The van der Waals surface area contributed by atoms with Crippen molar-refractivity contribution >= 4 is 15.8 Å². The maximum absolute atomic E-state index is 11.0. The Bertz CT molecular complexity index is 408. The van der Waals surface area contributed by atoms with Crippen molar-refractivity contribution in [2.75, 3.05) is 11.0 Å². The molecule has 0 radical (unpaired) electrons. The summed E-state index contributed by atoms with van der Waals surface area (Å²) in [5.41, 5.74) is 0.887. The maximum Gasteiger partial charge on any atom is 0.230 e. The zero-order valence-corrected chi connectivity index (χ0v) is 9.43. The lowest BCUT2D eigenvalue weighted by atomic mass is 10.3. The highest BCUT2D eigenvalue weighted by molar-refractivity contribution is 7.92. The summed E-state index contributed by atoms with van der Waals surface area (Å²) in [7, 11) is -3.22. The third-order valence-corrected chi connectivity index (χ3v) is 2.36. The number of hydrogen-bond donors (Lipinski definition) is 1. The quantitative estimate of drug-likeness (QED) is 0.812. The molecule has 0 saturated heterocycles. The van der Waals surface area contributed by atoms with Crippen LogP contribution < -0.4 is 4.72 Å². The fourth-order valence-corrected chi connectivity index (χ4v) is 1.70. The van der Waals surface area contributed by atoms with Gasteiger partial charge >= 0.3 is 0 Å². The number of nitrogens with zero attached hydrogens (tertiary/aromatic N) is 2. The molecule has 0 amide bonds. The number of nitrogens with one attached hydrogen (secondary N) is 1. The number of aromatic nitrogens is 2. The molecule has 0 aliphatic rings. The average Bonchev–Trinajstić information content (AvgIpc) is 2.44. The first kappa shape index (κ1) is 11.0. The molecule has 80 valence electrons. The van der Waals surface area contributed by atoms with E-state index in [0.717, 1.165) is 18.4 Å². The number of sulfonamides is 1. The first-order valence-corrected chi connectivity index (χ1v) is 6.40. The van der Waals surface area contributed by atoms with Crippen molar-refractivity contribution < 1.29 is 8.42 Å². The van der Waals surface area contributed by atoms with Crippen LogP contribution >= 0.6 is 0 Å². The van der Waals surface area contributed by atoms with Gasteiger partial charge in [0.25, 0.3) is 0 Å². The van der Waals surface area contributed by atoms with Crippen molar-refractivity contribution in [1.29, 1.82) is 0 Å². The van der Waals surface area contributed by atoms with Gasteiger partial charge in [-0.3, -0.25) is 4.72 Å². The molecule has 1 rings (SSSR count). The first-order chi connectivity index (χ1) is 6.46. The van der Waals surface area contributed by atoms with Crippen molar-refractivity contribution in [1.82, 2.24) is 9.78 Å². The van der Waals surface area contributed by atoms with Gasteiger partial charge in [0.1, 0.15) is 5.82 Å². The van der Waals surface area contributed by atoms with Crippen LogP contribution in [0.25, 0.3) is 0 Å². The van der Waals surface area contributed by atoms with Crippen molar-refractivity contribution in [2.24, 2.45) is 0 Å². The summed E-state index contributed by atoms with van der Waals surface area (Å²) in [6.07, 6.45) is 1.93. The van der Waals surface area contributed by atoms with Crippen LogP contribution in [0.4, 0.5) is 5.82 Å². The molecule has 0 aromatic carbocycles. The Labute approximate surface area is 84.2 Å². The summed E-state index contributed by atoms with van der Waals surface area (Å²) < 4.78 is 26.1. The molecule has 1 N–H and O–H groups in total. The molecule has 6 heteroatoms. The van der Waals surface area contributed by atoms with Gasteiger partial charge in [0.15, 0.2) is 0 Å². The predicted octanol–water partition coefficient (Wildman–Crippen LogP) is 0.837. The Morgan fingerprint density at radius 3 is 2.57 bits per heavy atom. The van der Waals surface area contributed by atoms with E-state index in [0.29, 0.717) is 12.4 Å². The van der Waals surface area contributed by atoms with Gasteiger partial charge in [-0.25, -0.2) is 13.1 Å². The van der Waals surface area contributed by atoms with Crippen molar-refractivity contribution in [3.63, 3.8) is 0 Å². The van der Waals surface area contributed by atoms with Crippen molar-refractivity contribution in [3.05, 3.63) is 11.8 Å². The van der Waals surface area contributed by atoms with Crippen LogP contribution in [0, 0.1) is 0 Å². The second kappa shape index (κ2) is 4.00. The monoisotopic (exact) mass is 217 g/mol. The normalized spacial score (nSPS) is 11.6. The Hall–Kier alpha value is -1.04. The van der Waals surface area contributed by atoms with Crippen LogP contribution in [0.15, 0.2) is 6.07 Å². The first-order valence-electron chi connectivity index (χ1n) is 4.50. The summed E-state index contributed by atoms with van der Waals surface area (Å²) in [4.78, 5) is 0. The summed E-state index contributed by atoms with van der Waals surface area (Å²) in [5, 5.41) is 4.22. The molecule has 14 heavy (non-hydrogen) atoms. The number of anilines is 1. The van der Waals surface area contributed by atoms with Crippen molar-refractivity contribution in [2.45, 2.75) is 26.8 Å². The molecule has 0 aliphatic heterocycles. The van der Waals surface area contributed by atoms with E-state index in [1.165, 1.54) is 0 Å². The fourth-order valence-electron chi connectivity index (χ4n) is 1.16. The van der Waals surface area contributed by atoms with Gasteiger partial charge in [0.05, 0.1) is 11.9 Å². The SMILES string of the molecule is CCc1cc(NS(C)(=O)=O)n(CC)n1. The molecule has 1 heterocycles. The Morgan fingerprint density at radius 1 is 1.50 bits per heavy atom. The highest BCUT2D eigenvalue weighted by Gasteiger charge is 2.09. The molecule has 0 spiro atoms. The van der Waals surface area contributed by atoms with Gasteiger partial charge < -0.3 is 0 Å². The second-order valence-electron chi connectivity index (χ2n) is 3.06. The number of hydrogen-bond acceptors (Lipinski definition) is 3. The van der Waals surface area contributed by atoms with Crippen LogP contribution in [0.2, 0.25) is 0 Å². The van der Waals surface area contributed by atoms with Crippen molar-refractivity contribution in [3.8, 4) is 0 Å². The van der Waals surface area contributed by atoms with Gasteiger partial charge in [0.2, 0.25) is 10.0 Å². The van der Waals surface area contributed by atoms with Gasteiger partial charge in [-0.15, -0.1) is 0 Å². The highest BCUT2D eigenvalue weighted by Crippen LogP contribution is 2.12.